The van der Waals surface area contributed by atoms with Crippen molar-refractivity contribution < 1.29 is 14.0 Å². The smallest absolute Gasteiger partial charge is 0.227 e. The van der Waals surface area contributed by atoms with Crippen molar-refractivity contribution in [3.63, 3.8) is 0 Å². The summed E-state index contributed by atoms with van der Waals surface area (Å²) in [5.74, 6) is -0.610. The Hall–Kier alpha value is -3.51. The number of Topliss-reactive ketones (excluding diaryl/α,β-unsaturated/α-hetero) is 1. The van der Waals surface area contributed by atoms with Gasteiger partial charge in [-0.2, -0.15) is 0 Å². The predicted molar refractivity (Wildman–Crippen MR) is 155 cm³/mol. The number of anilines is 1. The molecule has 1 aliphatic rings. The summed E-state index contributed by atoms with van der Waals surface area (Å²) in [6, 6.07) is 24.6. The molecular weight excluding hydrogens is 489 g/mol. The Bertz CT molecular complexity index is 1220. The number of ketones is 1. The summed E-state index contributed by atoms with van der Waals surface area (Å²) in [7, 11) is 0. The summed E-state index contributed by atoms with van der Waals surface area (Å²) in [6.07, 6.45) is 1.66. The quantitative estimate of drug-likeness (QED) is 0.325. The Morgan fingerprint density at radius 3 is 2.05 bits per heavy atom. The second-order valence-corrected chi connectivity index (χ2v) is 10.4. The molecule has 0 bridgehead atoms. The van der Waals surface area contributed by atoms with Crippen LogP contribution in [0.3, 0.4) is 0 Å². The maximum atomic E-state index is 15.3. The zero-order valence-corrected chi connectivity index (χ0v) is 23.3. The Labute approximate surface area is 232 Å². The number of piperazine rings is 1. The number of amides is 1. The largest absolute Gasteiger partial charge is 0.367 e. The molecule has 206 valence electrons. The van der Waals surface area contributed by atoms with Crippen LogP contribution in [0, 0.1) is 11.7 Å². The van der Waals surface area contributed by atoms with Gasteiger partial charge in [0, 0.05) is 38.6 Å². The molecule has 4 rings (SSSR count). The summed E-state index contributed by atoms with van der Waals surface area (Å²) in [5, 5.41) is 2.94. The molecule has 39 heavy (non-hydrogen) atoms. The first-order valence-corrected chi connectivity index (χ1v) is 14.1. The number of rotatable bonds is 11. The predicted octanol–water partition coefficient (Wildman–Crippen LogP) is 6.11. The van der Waals surface area contributed by atoms with E-state index in [2.05, 4.69) is 24.1 Å². The van der Waals surface area contributed by atoms with Gasteiger partial charge in [-0.1, -0.05) is 80.6 Å². The van der Waals surface area contributed by atoms with Gasteiger partial charge in [-0.25, -0.2) is 4.39 Å². The summed E-state index contributed by atoms with van der Waals surface area (Å²) < 4.78 is 15.3. The molecule has 1 heterocycles. The van der Waals surface area contributed by atoms with Crippen LogP contribution in [-0.4, -0.2) is 42.8 Å². The second-order valence-electron chi connectivity index (χ2n) is 10.4. The van der Waals surface area contributed by atoms with E-state index in [-0.39, 0.29) is 29.5 Å². The summed E-state index contributed by atoms with van der Waals surface area (Å²) in [4.78, 5) is 30.5. The molecule has 0 aliphatic carbocycles. The highest BCUT2D eigenvalue weighted by Gasteiger charge is 2.33. The van der Waals surface area contributed by atoms with Gasteiger partial charge in [0.15, 0.2) is 5.78 Å². The van der Waals surface area contributed by atoms with Crippen molar-refractivity contribution in [2.45, 2.75) is 52.1 Å². The zero-order chi connectivity index (χ0) is 27.8. The molecule has 2 atom stereocenters. The van der Waals surface area contributed by atoms with E-state index in [9.17, 15) is 9.59 Å². The number of hydrogen-bond donors (Lipinski definition) is 1. The van der Waals surface area contributed by atoms with E-state index in [0.717, 1.165) is 24.0 Å². The molecule has 0 spiro atoms. The van der Waals surface area contributed by atoms with Gasteiger partial charge in [-0.3, -0.25) is 14.5 Å². The van der Waals surface area contributed by atoms with Crippen molar-refractivity contribution in [3.8, 4) is 0 Å². The highest BCUT2D eigenvalue weighted by molar-refractivity contribution is 5.87. The highest BCUT2D eigenvalue weighted by Crippen LogP contribution is 2.31. The summed E-state index contributed by atoms with van der Waals surface area (Å²) >= 11 is 0. The monoisotopic (exact) mass is 529 g/mol. The lowest BCUT2D eigenvalue weighted by Gasteiger charge is -2.40. The van der Waals surface area contributed by atoms with Crippen LogP contribution in [0.5, 0.6) is 0 Å². The minimum atomic E-state index is -0.461. The molecule has 1 saturated heterocycles. The van der Waals surface area contributed by atoms with Gasteiger partial charge in [0.2, 0.25) is 5.91 Å². The van der Waals surface area contributed by atoms with Crippen molar-refractivity contribution in [1.82, 2.24) is 10.2 Å². The van der Waals surface area contributed by atoms with E-state index in [0.29, 0.717) is 44.0 Å². The lowest BCUT2D eigenvalue weighted by molar-refractivity contribution is -0.129. The fourth-order valence-corrected chi connectivity index (χ4v) is 5.46. The number of benzene rings is 3. The number of carbonyl (C=O) groups excluding carboxylic acids is 2. The zero-order valence-electron chi connectivity index (χ0n) is 23.3. The molecule has 2 unspecified atom stereocenters. The number of halogens is 1. The molecule has 3 aromatic rings. The van der Waals surface area contributed by atoms with Crippen LogP contribution >= 0.6 is 0 Å². The Kier molecular flexibility index (Phi) is 9.88. The maximum Gasteiger partial charge on any atom is 0.227 e. The Morgan fingerprint density at radius 1 is 0.846 bits per heavy atom. The molecule has 0 aromatic heterocycles. The van der Waals surface area contributed by atoms with Crippen molar-refractivity contribution >= 4 is 17.4 Å². The average Bonchev–Trinajstić information content (AvgIpc) is 2.98. The topological polar surface area (TPSA) is 52.7 Å². The summed E-state index contributed by atoms with van der Waals surface area (Å²) in [5.41, 5.74) is 3.24. The van der Waals surface area contributed by atoms with Gasteiger partial charge in [0.05, 0.1) is 17.6 Å². The minimum absolute atomic E-state index is 0.0325. The molecule has 1 aliphatic heterocycles. The van der Waals surface area contributed by atoms with Gasteiger partial charge < -0.3 is 10.2 Å². The van der Waals surface area contributed by atoms with E-state index >= 15 is 4.39 Å². The van der Waals surface area contributed by atoms with Crippen molar-refractivity contribution in [3.05, 3.63) is 101 Å². The molecular formula is C33H40FN3O2. The molecule has 1 amide bonds. The Balaban J connectivity index is 1.41. The molecule has 1 fully saturated rings. The first-order chi connectivity index (χ1) is 18.9. The first kappa shape index (κ1) is 28.5. The van der Waals surface area contributed by atoms with E-state index in [1.54, 1.807) is 13.0 Å². The van der Waals surface area contributed by atoms with Gasteiger partial charge in [-0.05, 0) is 48.6 Å². The Morgan fingerprint density at radius 2 is 1.46 bits per heavy atom. The van der Waals surface area contributed by atoms with Crippen LogP contribution in [0.15, 0.2) is 78.9 Å². The van der Waals surface area contributed by atoms with Crippen LogP contribution in [0.25, 0.3) is 0 Å². The number of nitrogens with one attached hydrogen (secondary N) is 1. The van der Waals surface area contributed by atoms with E-state index in [4.69, 9.17) is 0 Å². The standard InChI is InChI=1S/C33H40FN3O2/c1-4-26(5-2)32(38)31(27-14-10-7-11-15-27)37-20-18-36(19-21-37)30-17-16-28(22-29(30)34)24(3)33(39)35-23-25-12-8-6-9-13-25/h6-17,22,24,26,31H,4-5,18-21,23H2,1-3H3,(H,35,39). The third-order valence-corrected chi connectivity index (χ3v) is 7.97. The number of hydrogen-bond acceptors (Lipinski definition) is 4. The average molecular weight is 530 g/mol. The summed E-state index contributed by atoms with van der Waals surface area (Å²) in [6.45, 7) is 8.99. The van der Waals surface area contributed by atoms with Crippen molar-refractivity contribution in [2.24, 2.45) is 5.92 Å². The molecule has 5 nitrogen and oxygen atoms in total. The fourth-order valence-electron chi connectivity index (χ4n) is 5.46. The first-order valence-electron chi connectivity index (χ1n) is 14.1. The van der Waals surface area contributed by atoms with Gasteiger partial charge in [-0.15, -0.1) is 0 Å². The van der Waals surface area contributed by atoms with Gasteiger partial charge >= 0.3 is 0 Å². The SMILES string of the molecule is CCC(CC)C(=O)C(c1ccccc1)N1CCN(c2ccc(C(C)C(=O)NCc3ccccc3)cc2F)CC1. The molecule has 3 aromatic carbocycles. The van der Waals surface area contributed by atoms with Crippen LogP contribution < -0.4 is 10.2 Å². The van der Waals surface area contributed by atoms with E-state index in [1.165, 1.54) is 6.07 Å². The van der Waals surface area contributed by atoms with Crippen molar-refractivity contribution in [1.29, 1.82) is 0 Å². The fraction of sp³-hybridized carbons (Fsp3) is 0.394. The van der Waals surface area contributed by atoms with Gasteiger partial charge in [0.25, 0.3) is 0 Å². The van der Waals surface area contributed by atoms with Crippen LogP contribution in [-0.2, 0) is 16.1 Å². The number of carbonyl (C=O) groups is 2. The van der Waals surface area contributed by atoms with Crippen molar-refractivity contribution in [2.75, 3.05) is 31.1 Å². The number of nitrogens with zero attached hydrogens (tertiary/aromatic N) is 2. The third kappa shape index (κ3) is 6.93. The molecule has 0 radical (unpaired) electrons. The van der Waals surface area contributed by atoms with E-state index < -0.39 is 5.92 Å². The van der Waals surface area contributed by atoms with Crippen LogP contribution in [0.1, 0.15) is 62.3 Å². The van der Waals surface area contributed by atoms with Crippen LogP contribution in [0.4, 0.5) is 10.1 Å². The molecule has 6 heteroatoms. The third-order valence-electron chi connectivity index (χ3n) is 7.97. The minimum Gasteiger partial charge on any atom is -0.367 e. The normalized spacial score (nSPS) is 15.7. The molecule has 0 saturated carbocycles. The highest BCUT2D eigenvalue weighted by atomic mass is 19.1. The lowest BCUT2D eigenvalue weighted by Crippen LogP contribution is -2.50. The van der Waals surface area contributed by atoms with E-state index in [1.807, 2.05) is 71.6 Å². The van der Waals surface area contributed by atoms with Gasteiger partial charge in [0.1, 0.15) is 5.82 Å². The molecule has 1 N–H and O–H groups in total. The van der Waals surface area contributed by atoms with Crippen LogP contribution in [0.2, 0.25) is 0 Å². The maximum absolute atomic E-state index is 15.3. The lowest BCUT2D eigenvalue weighted by atomic mass is 9.88. The second kappa shape index (κ2) is 13.5.